The Bertz CT molecular complexity index is 17.1. The van der Waals surface area contributed by atoms with Crippen LogP contribution in [0.25, 0.3) is 0 Å². The van der Waals surface area contributed by atoms with Crippen LogP contribution in [-0.4, -0.2) is 0 Å². The predicted octanol–water partition coefficient (Wildman–Crippen LogP) is -2.75. The summed E-state index contributed by atoms with van der Waals surface area (Å²) < 4.78 is 0. The first-order chi connectivity index (χ1) is 1.41. The number of hydrogen-bond donors (Lipinski definition) is 0. The summed E-state index contributed by atoms with van der Waals surface area (Å²) in [7, 11) is 0. The SMILES string of the molecule is O=N[O-].[Co+2].[K+]. The van der Waals surface area contributed by atoms with Gasteiger partial charge in [-0.25, -0.2) is 0 Å². The van der Waals surface area contributed by atoms with Crippen molar-refractivity contribution in [3.63, 3.8) is 0 Å². The molecule has 5 heteroatoms. The molecular formula is CoKNO2+2. The Balaban J connectivity index is -0.0000000200. The molecule has 0 bridgehead atoms. The zero-order valence-corrected chi connectivity index (χ0v) is 6.76. The molecule has 0 amide bonds. The largest absolute Gasteiger partial charge is 2.00 e. The summed E-state index contributed by atoms with van der Waals surface area (Å²) in [5.74, 6) is 0. The van der Waals surface area contributed by atoms with E-state index in [-0.39, 0.29) is 68.2 Å². The van der Waals surface area contributed by atoms with Crippen LogP contribution in [0.2, 0.25) is 0 Å². The van der Waals surface area contributed by atoms with Crippen LogP contribution >= 0.6 is 0 Å². The second-order valence-electron chi connectivity index (χ2n) is 0.0745. The fourth-order valence-corrected chi connectivity index (χ4v) is 0. The van der Waals surface area contributed by atoms with Crippen molar-refractivity contribution in [2.24, 2.45) is 5.34 Å². The van der Waals surface area contributed by atoms with Gasteiger partial charge in [-0.2, -0.15) is 0 Å². The molecule has 0 N–H and O–H groups in total. The molecule has 5 heavy (non-hydrogen) atoms. The van der Waals surface area contributed by atoms with Gasteiger partial charge in [0.15, 0.2) is 0 Å². The molecule has 0 spiro atoms. The summed E-state index contributed by atoms with van der Waals surface area (Å²) in [5.41, 5.74) is 0. The number of rotatable bonds is 0. The summed E-state index contributed by atoms with van der Waals surface area (Å²) in [5, 5.41) is 9.00. The zero-order valence-electron chi connectivity index (χ0n) is 2.60. The molecule has 0 aromatic heterocycles. The smallest absolute Gasteiger partial charge is 0.444 e. The van der Waals surface area contributed by atoms with Crippen molar-refractivity contribution in [1.82, 2.24) is 0 Å². The Labute approximate surface area is 82.1 Å². The minimum absolute atomic E-state index is 0. The standard InChI is InChI=1S/Co.K.HNO2/c;;2-1-3/h;;(H,2,3)/q+2;+1;/p-1. The van der Waals surface area contributed by atoms with Gasteiger partial charge in [-0.1, -0.05) is 0 Å². The van der Waals surface area contributed by atoms with E-state index >= 15 is 0 Å². The van der Waals surface area contributed by atoms with Crippen LogP contribution in [0.3, 0.4) is 0 Å². The molecule has 3 nitrogen and oxygen atoms in total. The molecule has 0 atom stereocenters. The molecule has 0 fully saturated rings. The van der Waals surface area contributed by atoms with Crippen LogP contribution in [0.5, 0.6) is 0 Å². The molecular weight excluding hydrogens is 144 g/mol. The summed E-state index contributed by atoms with van der Waals surface area (Å²) in [4.78, 5) is 8.00. The first-order valence-electron chi connectivity index (χ1n) is 0.365. The average molecular weight is 144 g/mol. The second kappa shape index (κ2) is 17.7. The van der Waals surface area contributed by atoms with Crippen molar-refractivity contribution in [3.05, 3.63) is 10.1 Å². The van der Waals surface area contributed by atoms with Crippen molar-refractivity contribution in [3.8, 4) is 0 Å². The van der Waals surface area contributed by atoms with Crippen LogP contribution in [0.1, 0.15) is 0 Å². The van der Waals surface area contributed by atoms with Crippen molar-refractivity contribution in [1.29, 1.82) is 0 Å². The maximum Gasteiger partial charge on any atom is 2.00 e. The van der Waals surface area contributed by atoms with E-state index < -0.39 is 0 Å². The monoisotopic (exact) mass is 144 g/mol. The molecule has 0 saturated carbocycles. The van der Waals surface area contributed by atoms with Gasteiger partial charge in [0, 0.05) is 0 Å². The molecule has 1 radical (unpaired) electrons. The van der Waals surface area contributed by atoms with Gasteiger partial charge >= 0.3 is 68.2 Å². The topological polar surface area (TPSA) is 52.5 Å². The maximum atomic E-state index is 8.00. The Kier molecular flexibility index (Phi) is 56.7. The molecule has 0 aromatic carbocycles. The zero-order chi connectivity index (χ0) is 2.71. The summed E-state index contributed by atoms with van der Waals surface area (Å²) in [6.45, 7) is 0. The fraction of sp³-hybridized carbons (Fsp3) is 0. The minimum atomic E-state index is 0. The van der Waals surface area contributed by atoms with Crippen molar-refractivity contribution in [2.75, 3.05) is 0 Å². The summed E-state index contributed by atoms with van der Waals surface area (Å²) in [6.07, 6.45) is 0. The van der Waals surface area contributed by atoms with Crippen molar-refractivity contribution in [2.45, 2.75) is 0 Å². The average Bonchev–Trinajstić information content (AvgIpc) is 0.918. The number of hydrogen-bond acceptors (Lipinski definition) is 3. The van der Waals surface area contributed by atoms with Crippen LogP contribution in [0.15, 0.2) is 5.34 Å². The number of nitrogens with zero attached hydrogens (tertiary/aromatic N) is 1. The molecule has 0 aromatic rings. The second-order valence-corrected chi connectivity index (χ2v) is 0.0745. The first kappa shape index (κ1) is 16.0. The summed E-state index contributed by atoms with van der Waals surface area (Å²) in [6, 6.07) is 0. The van der Waals surface area contributed by atoms with Gasteiger partial charge in [0.1, 0.15) is 0 Å². The van der Waals surface area contributed by atoms with Crippen LogP contribution in [0, 0.1) is 10.1 Å². The summed E-state index contributed by atoms with van der Waals surface area (Å²) >= 11 is 0. The third kappa shape index (κ3) is 29.2. The van der Waals surface area contributed by atoms with Crippen LogP contribution in [-0.2, 0) is 16.8 Å². The Morgan fingerprint density at radius 3 is 1.60 bits per heavy atom. The quantitative estimate of drug-likeness (QED) is 0.210. The van der Waals surface area contributed by atoms with E-state index in [0.717, 1.165) is 5.34 Å². The first-order valence-corrected chi connectivity index (χ1v) is 0.365. The predicted molar refractivity (Wildman–Crippen MR) is 9.16 cm³/mol. The molecule has 0 unspecified atom stereocenters. The normalized spacial score (nSPS) is 2.40. The Hall–Kier alpha value is 1.54. The Morgan fingerprint density at radius 2 is 1.60 bits per heavy atom. The van der Waals surface area contributed by atoms with Gasteiger partial charge in [0.05, 0.1) is 0 Å². The molecule has 0 rings (SSSR count). The van der Waals surface area contributed by atoms with E-state index in [1.807, 2.05) is 0 Å². The van der Waals surface area contributed by atoms with E-state index in [2.05, 4.69) is 0 Å². The van der Waals surface area contributed by atoms with Crippen molar-refractivity contribution >= 4 is 0 Å². The van der Waals surface area contributed by atoms with Gasteiger partial charge < -0.3 is 10.1 Å². The minimum Gasteiger partial charge on any atom is -0.444 e. The molecule has 0 heterocycles. The van der Waals surface area contributed by atoms with E-state index in [1.54, 1.807) is 0 Å². The Morgan fingerprint density at radius 1 is 1.60 bits per heavy atom. The third-order valence-corrected chi connectivity index (χ3v) is 0. The van der Waals surface area contributed by atoms with E-state index in [9.17, 15) is 0 Å². The maximum absolute atomic E-state index is 8.00. The van der Waals surface area contributed by atoms with Gasteiger partial charge in [-0.3, -0.25) is 0 Å². The van der Waals surface area contributed by atoms with Crippen LogP contribution < -0.4 is 51.4 Å². The van der Waals surface area contributed by atoms with Crippen LogP contribution in [0.4, 0.5) is 0 Å². The van der Waals surface area contributed by atoms with Crippen molar-refractivity contribution < 1.29 is 68.2 Å². The van der Waals surface area contributed by atoms with E-state index in [4.69, 9.17) is 10.1 Å². The molecule has 25 valence electrons. The van der Waals surface area contributed by atoms with Gasteiger partial charge in [-0.05, 0) is 0 Å². The molecule has 0 saturated heterocycles. The molecule has 0 aliphatic rings. The van der Waals surface area contributed by atoms with E-state index in [0.29, 0.717) is 0 Å². The fourth-order valence-electron chi connectivity index (χ4n) is 0. The third-order valence-electron chi connectivity index (χ3n) is 0. The molecule has 0 aliphatic heterocycles. The molecule has 0 aliphatic carbocycles. The van der Waals surface area contributed by atoms with Gasteiger partial charge in [-0.15, -0.1) is 5.34 Å². The van der Waals surface area contributed by atoms with E-state index in [1.165, 1.54) is 0 Å². The van der Waals surface area contributed by atoms with Gasteiger partial charge in [0.25, 0.3) is 0 Å². The van der Waals surface area contributed by atoms with Gasteiger partial charge in [0.2, 0.25) is 0 Å².